The maximum atomic E-state index is 12.4. The molecule has 6 nitrogen and oxygen atoms in total. The molecule has 2 rings (SSSR count). The number of aryl methyl sites for hydroxylation is 1. The Morgan fingerprint density at radius 2 is 1.77 bits per heavy atom. The molecule has 2 aromatic rings. The van der Waals surface area contributed by atoms with E-state index in [2.05, 4.69) is 19.2 Å². The Bertz CT molecular complexity index is 889. The lowest BCUT2D eigenvalue weighted by atomic mass is 9.98. The summed E-state index contributed by atoms with van der Waals surface area (Å²) in [6.07, 6.45) is 0. The number of ether oxygens (including phenoxy) is 3. The summed E-state index contributed by atoms with van der Waals surface area (Å²) in [5, 5.41) is 2.87. The van der Waals surface area contributed by atoms with Gasteiger partial charge < -0.3 is 19.5 Å². The van der Waals surface area contributed by atoms with E-state index in [0.29, 0.717) is 24.0 Å². The first-order chi connectivity index (χ1) is 14.2. The third-order valence-corrected chi connectivity index (χ3v) is 4.50. The van der Waals surface area contributed by atoms with Gasteiger partial charge >= 0.3 is 5.97 Å². The Kier molecular flexibility index (Phi) is 8.27. The Balaban J connectivity index is 2.01. The number of amides is 1. The van der Waals surface area contributed by atoms with Crippen LogP contribution in [0.5, 0.6) is 11.5 Å². The summed E-state index contributed by atoms with van der Waals surface area (Å²) in [5.41, 5.74) is 3.05. The Morgan fingerprint density at radius 1 is 1.03 bits per heavy atom. The maximum absolute atomic E-state index is 12.4. The van der Waals surface area contributed by atoms with Crippen LogP contribution in [-0.2, 0) is 9.53 Å². The number of carbonyl (C=O) groups excluding carboxylic acids is 2. The first-order valence-electron chi connectivity index (χ1n) is 10.1. The number of esters is 1. The topological polar surface area (TPSA) is 73.9 Å². The standard InChI is InChI=1S/C24H31NO5/c1-15(2)13-29-20-11-10-18(12-21(20)28-6)24(27)30-14-22(26)25-23-17(5)8-7-9-19(23)16(3)4/h7-12,15-16H,13-14H2,1-6H3,(H,25,26). The zero-order valence-corrected chi connectivity index (χ0v) is 18.6. The minimum absolute atomic E-state index is 0.256. The number of carbonyl (C=O) groups is 2. The minimum atomic E-state index is -0.604. The van der Waals surface area contributed by atoms with Crippen molar-refractivity contribution in [3.05, 3.63) is 53.1 Å². The highest BCUT2D eigenvalue weighted by atomic mass is 16.5. The number of methoxy groups -OCH3 is 1. The smallest absolute Gasteiger partial charge is 0.338 e. The predicted molar refractivity (Wildman–Crippen MR) is 118 cm³/mol. The fourth-order valence-electron chi connectivity index (χ4n) is 2.90. The molecule has 0 heterocycles. The molecule has 1 N–H and O–H groups in total. The second-order valence-corrected chi connectivity index (χ2v) is 7.89. The summed E-state index contributed by atoms with van der Waals surface area (Å²) in [4.78, 5) is 24.8. The van der Waals surface area contributed by atoms with E-state index in [1.165, 1.54) is 7.11 Å². The van der Waals surface area contributed by atoms with Gasteiger partial charge in [-0.1, -0.05) is 45.9 Å². The number of anilines is 1. The molecule has 0 aromatic heterocycles. The van der Waals surface area contributed by atoms with Crippen LogP contribution in [0.2, 0.25) is 0 Å². The molecular formula is C24H31NO5. The average molecular weight is 414 g/mol. The average Bonchev–Trinajstić information content (AvgIpc) is 2.71. The summed E-state index contributed by atoms with van der Waals surface area (Å²) in [6, 6.07) is 10.7. The predicted octanol–water partition coefficient (Wildman–Crippen LogP) is 4.96. The first-order valence-corrected chi connectivity index (χ1v) is 10.1. The summed E-state index contributed by atoms with van der Waals surface area (Å²) in [5.74, 6) is 0.627. The number of rotatable bonds is 9. The van der Waals surface area contributed by atoms with Gasteiger partial charge in [-0.3, -0.25) is 4.79 Å². The zero-order chi connectivity index (χ0) is 22.3. The van der Waals surface area contributed by atoms with E-state index < -0.39 is 5.97 Å². The molecule has 0 bridgehead atoms. The molecule has 0 atom stereocenters. The molecule has 0 radical (unpaired) electrons. The van der Waals surface area contributed by atoms with Crippen LogP contribution in [0.4, 0.5) is 5.69 Å². The normalized spacial score (nSPS) is 10.8. The van der Waals surface area contributed by atoms with Gasteiger partial charge in [-0.15, -0.1) is 0 Å². The molecule has 0 unspecified atom stereocenters. The van der Waals surface area contributed by atoms with E-state index in [-0.39, 0.29) is 24.0 Å². The van der Waals surface area contributed by atoms with Gasteiger partial charge in [0.25, 0.3) is 5.91 Å². The molecule has 0 aliphatic rings. The van der Waals surface area contributed by atoms with E-state index in [0.717, 1.165) is 16.8 Å². The van der Waals surface area contributed by atoms with Crippen LogP contribution in [0.15, 0.2) is 36.4 Å². The molecule has 0 fully saturated rings. The van der Waals surface area contributed by atoms with Gasteiger partial charge in [0.2, 0.25) is 0 Å². The molecule has 0 spiro atoms. The fraction of sp³-hybridized carbons (Fsp3) is 0.417. The number of para-hydroxylation sites is 1. The highest BCUT2D eigenvalue weighted by Gasteiger charge is 2.16. The summed E-state index contributed by atoms with van der Waals surface area (Å²) in [6.45, 7) is 10.3. The van der Waals surface area contributed by atoms with Gasteiger partial charge in [0.15, 0.2) is 18.1 Å². The van der Waals surface area contributed by atoms with Crippen molar-refractivity contribution in [1.82, 2.24) is 0 Å². The highest BCUT2D eigenvalue weighted by Crippen LogP contribution is 2.29. The molecule has 2 aromatic carbocycles. The van der Waals surface area contributed by atoms with Crippen molar-refractivity contribution in [2.75, 3.05) is 25.6 Å². The summed E-state index contributed by atoms with van der Waals surface area (Å²) < 4.78 is 16.2. The molecule has 0 aliphatic heterocycles. The molecule has 0 aliphatic carbocycles. The van der Waals surface area contributed by atoms with E-state index in [4.69, 9.17) is 14.2 Å². The number of benzene rings is 2. The Hall–Kier alpha value is -3.02. The summed E-state index contributed by atoms with van der Waals surface area (Å²) in [7, 11) is 1.51. The molecule has 30 heavy (non-hydrogen) atoms. The van der Waals surface area contributed by atoms with Crippen LogP contribution in [0.25, 0.3) is 0 Å². The van der Waals surface area contributed by atoms with Gasteiger partial charge in [-0.2, -0.15) is 0 Å². The van der Waals surface area contributed by atoms with Crippen LogP contribution in [-0.4, -0.2) is 32.2 Å². The van der Waals surface area contributed by atoms with Crippen molar-refractivity contribution in [2.24, 2.45) is 5.92 Å². The zero-order valence-electron chi connectivity index (χ0n) is 18.6. The van der Waals surface area contributed by atoms with Crippen molar-refractivity contribution in [1.29, 1.82) is 0 Å². The Labute approximate surface area is 178 Å². The molecule has 6 heteroatoms. The van der Waals surface area contributed by atoms with Crippen LogP contribution in [0, 0.1) is 12.8 Å². The quantitative estimate of drug-likeness (QED) is 0.588. The van der Waals surface area contributed by atoms with Crippen LogP contribution in [0.3, 0.4) is 0 Å². The van der Waals surface area contributed by atoms with E-state index >= 15 is 0 Å². The lowest BCUT2D eigenvalue weighted by molar-refractivity contribution is -0.119. The van der Waals surface area contributed by atoms with Crippen molar-refractivity contribution < 1.29 is 23.8 Å². The van der Waals surface area contributed by atoms with Gasteiger partial charge in [-0.25, -0.2) is 4.79 Å². The van der Waals surface area contributed by atoms with Crippen LogP contribution in [0.1, 0.15) is 55.1 Å². The van der Waals surface area contributed by atoms with Gasteiger partial charge in [0.1, 0.15) is 0 Å². The monoisotopic (exact) mass is 413 g/mol. The Morgan fingerprint density at radius 3 is 2.40 bits per heavy atom. The summed E-state index contributed by atoms with van der Waals surface area (Å²) >= 11 is 0. The highest BCUT2D eigenvalue weighted by molar-refractivity contribution is 5.96. The number of hydrogen-bond donors (Lipinski definition) is 1. The van der Waals surface area contributed by atoms with Gasteiger partial charge in [0, 0.05) is 5.69 Å². The van der Waals surface area contributed by atoms with Gasteiger partial charge in [-0.05, 0) is 48.1 Å². The molecule has 0 saturated heterocycles. The van der Waals surface area contributed by atoms with E-state index in [1.807, 2.05) is 39.0 Å². The second kappa shape index (κ2) is 10.7. The van der Waals surface area contributed by atoms with Crippen LogP contribution >= 0.6 is 0 Å². The lowest BCUT2D eigenvalue weighted by Gasteiger charge is -2.16. The molecule has 0 saturated carbocycles. The maximum Gasteiger partial charge on any atom is 0.338 e. The van der Waals surface area contributed by atoms with E-state index in [1.54, 1.807) is 18.2 Å². The van der Waals surface area contributed by atoms with Gasteiger partial charge in [0.05, 0.1) is 19.3 Å². The van der Waals surface area contributed by atoms with Crippen molar-refractivity contribution >= 4 is 17.6 Å². The number of hydrogen-bond acceptors (Lipinski definition) is 5. The fourth-order valence-corrected chi connectivity index (χ4v) is 2.90. The molecule has 162 valence electrons. The molecular weight excluding hydrogens is 382 g/mol. The van der Waals surface area contributed by atoms with Crippen LogP contribution < -0.4 is 14.8 Å². The largest absolute Gasteiger partial charge is 0.493 e. The number of nitrogens with one attached hydrogen (secondary N) is 1. The third kappa shape index (κ3) is 6.24. The first kappa shape index (κ1) is 23.3. The lowest BCUT2D eigenvalue weighted by Crippen LogP contribution is -2.22. The van der Waals surface area contributed by atoms with Crippen molar-refractivity contribution in [3.63, 3.8) is 0 Å². The second-order valence-electron chi connectivity index (χ2n) is 7.89. The van der Waals surface area contributed by atoms with Crippen molar-refractivity contribution in [2.45, 2.75) is 40.5 Å². The van der Waals surface area contributed by atoms with Crippen molar-refractivity contribution in [3.8, 4) is 11.5 Å². The SMILES string of the molecule is COc1cc(C(=O)OCC(=O)Nc2c(C)cccc2C(C)C)ccc1OCC(C)C. The molecule has 1 amide bonds. The third-order valence-electron chi connectivity index (χ3n) is 4.50. The minimum Gasteiger partial charge on any atom is -0.493 e. The van der Waals surface area contributed by atoms with E-state index in [9.17, 15) is 9.59 Å².